The highest BCUT2D eigenvalue weighted by atomic mass is 32.2. The van der Waals surface area contributed by atoms with Crippen molar-refractivity contribution in [1.82, 2.24) is 51.9 Å². The maximum absolute atomic E-state index is 12.5. The number of aryl methyl sites for hydroxylation is 1. The number of nitrogens with one attached hydrogen (secondary N) is 7. The van der Waals surface area contributed by atoms with Gasteiger partial charge in [0.2, 0.25) is 45.5 Å². The summed E-state index contributed by atoms with van der Waals surface area (Å²) in [5.41, 5.74) is 5.40. The average Bonchev–Trinajstić information content (AvgIpc) is 3.92. The molecule has 0 aliphatic carbocycles. The molecule has 452 valence electrons. The molecule has 0 radical (unpaired) electrons. The van der Waals surface area contributed by atoms with E-state index in [-0.39, 0.29) is 104 Å². The monoisotopic (exact) mass is 1150 g/mol. The second kappa shape index (κ2) is 45.9. The van der Waals surface area contributed by atoms with Crippen molar-refractivity contribution in [1.29, 1.82) is 0 Å². The maximum atomic E-state index is 12.5. The third-order valence-electron chi connectivity index (χ3n) is 11.8. The molecule has 0 saturated carbocycles. The van der Waals surface area contributed by atoms with Crippen LogP contribution in [0, 0.1) is 0 Å². The van der Waals surface area contributed by atoms with Crippen LogP contribution in [0.5, 0.6) is 0 Å². The first-order valence-corrected chi connectivity index (χ1v) is 28.9. The van der Waals surface area contributed by atoms with E-state index in [0.29, 0.717) is 25.8 Å². The average molecular weight is 1150 g/mol. The first-order valence-electron chi connectivity index (χ1n) is 27.3. The number of carboxylic acids is 3. The number of ether oxygens (including phenoxy) is 4. The molecule has 12 N–H and O–H groups in total. The number of carbonyl (C=O) groups is 9. The summed E-state index contributed by atoms with van der Waals surface area (Å²) in [5, 5.41) is 54.2. The van der Waals surface area contributed by atoms with Crippen molar-refractivity contribution >= 4 is 63.4 Å². The molecule has 30 heteroatoms. The van der Waals surface area contributed by atoms with Crippen LogP contribution in [0.2, 0.25) is 0 Å². The van der Waals surface area contributed by atoms with E-state index in [4.69, 9.17) is 24.7 Å². The lowest BCUT2D eigenvalue weighted by atomic mass is 10.0. The molecule has 1 aromatic heterocycles. The molecule has 0 aliphatic heterocycles. The highest BCUT2D eigenvalue weighted by Crippen LogP contribution is 2.14. The number of tetrazole rings is 1. The minimum absolute atomic E-state index is 0.00227. The van der Waals surface area contributed by atoms with Crippen molar-refractivity contribution in [2.75, 3.05) is 78.2 Å². The third-order valence-corrected chi connectivity index (χ3v) is 13.2. The number of H-pyrrole nitrogens is 1. The topological polar surface area (TPSA) is 438 Å². The lowest BCUT2D eigenvalue weighted by Crippen LogP contribution is -2.45. The van der Waals surface area contributed by atoms with Crippen molar-refractivity contribution in [2.24, 2.45) is 5.73 Å². The number of sulfonamides is 1. The Morgan fingerprint density at radius 1 is 0.481 bits per heavy atom. The van der Waals surface area contributed by atoms with Crippen LogP contribution >= 0.6 is 0 Å². The van der Waals surface area contributed by atoms with Gasteiger partial charge in [-0.3, -0.25) is 33.5 Å². The number of hydrogen-bond acceptors (Lipinski definition) is 19. The summed E-state index contributed by atoms with van der Waals surface area (Å²) < 4.78 is 47.8. The van der Waals surface area contributed by atoms with Gasteiger partial charge in [-0.1, -0.05) is 75.8 Å². The van der Waals surface area contributed by atoms with Gasteiger partial charge >= 0.3 is 17.9 Å². The summed E-state index contributed by atoms with van der Waals surface area (Å²) in [6, 6.07) is -4.04. The molecular formula is C49H87N11O18S. The first kappa shape index (κ1) is 71.1. The SMILES string of the molecule is NCCCC[C@H](NC(=O)COCCOCCNC(=O)CC[C@H](NC(=O)CC[C@H](NC(=O)COCCOCCNC(=O)CCCS(=O)(=O)NC(=O)CCCCCCCCCCCCCCCc1nn[nH]n1)C(=O)O)C(=O)O)C(=O)O. The number of hydrogen-bond donors (Lipinski definition) is 11. The van der Waals surface area contributed by atoms with E-state index in [2.05, 4.69) is 51.9 Å². The molecule has 1 aromatic rings. The van der Waals surface area contributed by atoms with E-state index in [1.807, 2.05) is 0 Å². The highest BCUT2D eigenvalue weighted by Gasteiger charge is 2.25. The van der Waals surface area contributed by atoms with Gasteiger partial charge in [0.05, 0.1) is 45.4 Å². The number of aliphatic carboxylic acids is 3. The van der Waals surface area contributed by atoms with Gasteiger partial charge < -0.3 is 66.6 Å². The van der Waals surface area contributed by atoms with Gasteiger partial charge in [0.1, 0.15) is 31.3 Å². The first-order chi connectivity index (χ1) is 37.9. The van der Waals surface area contributed by atoms with Crippen LogP contribution in [-0.4, -0.2) is 194 Å². The number of unbranched alkanes of at least 4 members (excludes halogenated alkanes) is 13. The van der Waals surface area contributed by atoms with Crippen molar-refractivity contribution in [2.45, 2.75) is 172 Å². The van der Waals surface area contributed by atoms with Crippen molar-refractivity contribution < 1.29 is 85.8 Å². The molecule has 0 spiro atoms. The van der Waals surface area contributed by atoms with Gasteiger partial charge in [-0.05, 0) is 57.9 Å². The van der Waals surface area contributed by atoms with Crippen LogP contribution in [0.1, 0.15) is 154 Å². The third kappa shape index (κ3) is 41.7. The Kier molecular flexibility index (Phi) is 41.3. The lowest BCUT2D eigenvalue weighted by molar-refractivity contribution is -0.144. The Hall–Kier alpha value is -5.95. The molecule has 0 fully saturated rings. The van der Waals surface area contributed by atoms with E-state index in [1.165, 1.54) is 44.9 Å². The van der Waals surface area contributed by atoms with E-state index in [1.54, 1.807) is 0 Å². The van der Waals surface area contributed by atoms with E-state index >= 15 is 0 Å². The largest absolute Gasteiger partial charge is 0.480 e. The number of amides is 6. The molecule has 1 rings (SSSR count). The van der Waals surface area contributed by atoms with Crippen LogP contribution in [0.15, 0.2) is 0 Å². The predicted octanol–water partition coefficient (Wildman–Crippen LogP) is 0.126. The standard InChI is InChI=1S/C49H87N11O18S/c50-25-15-14-17-37(47(67)68)54-45(65)35-77-32-31-76-29-27-52-42(62)23-21-38(48(69)70)53-43(63)24-22-39(49(71)72)55-46(66)36-78-33-30-75-28-26-51-41(61)20-16-34-79(73,74)58-44(64)19-13-11-9-7-5-3-1-2-4-6-8-10-12-18-40-56-59-60-57-40/h37-39H,1-36,50H2,(H,51,61)(H,52,62)(H,53,63)(H,54,65)(H,55,66)(H,58,64)(H,67,68)(H,69,70)(H,71,72)(H,56,57,59,60)/t37-,38-,39-/m0/s1. The van der Waals surface area contributed by atoms with E-state index in [9.17, 15) is 66.9 Å². The van der Waals surface area contributed by atoms with Crippen molar-refractivity contribution in [3.63, 3.8) is 0 Å². The summed E-state index contributed by atoms with van der Waals surface area (Å²) >= 11 is 0. The molecular weight excluding hydrogens is 1060 g/mol. The smallest absolute Gasteiger partial charge is 0.326 e. The minimum Gasteiger partial charge on any atom is -0.480 e. The van der Waals surface area contributed by atoms with Gasteiger partial charge in [-0.15, -0.1) is 10.2 Å². The number of carboxylic acid groups (broad SMARTS) is 3. The van der Waals surface area contributed by atoms with Gasteiger partial charge in [-0.25, -0.2) is 22.8 Å². The zero-order valence-corrected chi connectivity index (χ0v) is 46.3. The van der Waals surface area contributed by atoms with Crippen LogP contribution in [0.3, 0.4) is 0 Å². The fraction of sp³-hybridized carbons (Fsp3) is 0.796. The Balaban J connectivity index is 2.08. The van der Waals surface area contributed by atoms with Gasteiger partial charge in [0.25, 0.3) is 0 Å². The second-order valence-corrected chi connectivity index (χ2v) is 20.5. The molecule has 0 unspecified atom stereocenters. The van der Waals surface area contributed by atoms with Crippen LogP contribution in [0.4, 0.5) is 0 Å². The summed E-state index contributed by atoms with van der Waals surface area (Å²) in [4.78, 5) is 108. The Morgan fingerprint density at radius 3 is 1.39 bits per heavy atom. The van der Waals surface area contributed by atoms with Crippen molar-refractivity contribution in [3.05, 3.63) is 5.82 Å². The molecule has 0 bridgehead atoms. The number of nitrogens with two attached hydrogens (primary N) is 1. The lowest BCUT2D eigenvalue weighted by Gasteiger charge is -2.17. The Labute approximate surface area is 461 Å². The van der Waals surface area contributed by atoms with Gasteiger partial charge in [0, 0.05) is 45.2 Å². The number of nitrogens with zero attached hydrogens (tertiary/aromatic N) is 3. The Morgan fingerprint density at radius 2 is 0.911 bits per heavy atom. The summed E-state index contributed by atoms with van der Waals surface area (Å²) in [6.07, 6.45) is 15.1. The van der Waals surface area contributed by atoms with Crippen molar-refractivity contribution in [3.8, 4) is 0 Å². The normalized spacial score (nSPS) is 12.4. The maximum Gasteiger partial charge on any atom is 0.326 e. The Bertz CT molecular complexity index is 2020. The fourth-order valence-electron chi connectivity index (χ4n) is 7.53. The molecule has 6 amide bonds. The molecule has 29 nitrogen and oxygen atoms in total. The zero-order valence-electron chi connectivity index (χ0n) is 45.5. The van der Waals surface area contributed by atoms with Gasteiger partial charge in [-0.2, -0.15) is 5.21 Å². The molecule has 0 aromatic carbocycles. The highest BCUT2D eigenvalue weighted by molar-refractivity contribution is 7.90. The fourth-order valence-corrected chi connectivity index (χ4v) is 8.60. The van der Waals surface area contributed by atoms with Crippen LogP contribution in [-0.2, 0) is 78.5 Å². The summed E-state index contributed by atoms with van der Waals surface area (Å²) in [7, 11) is -3.88. The number of aromatic amines is 1. The van der Waals surface area contributed by atoms with Crippen LogP contribution in [0.25, 0.3) is 0 Å². The summed E-state index contributed by atoms with van der Waals surface area (Å²) in [6.45, 7) is -0.244. The molecule has 79 heavy (non-hydrogen) atoms. The molecule has 0 aliphatic rings. The predicted molar refractivity (Wildman–Crippen MR) is 283 cm³/mol. The second-order valence-electron chi connectivity index (χ2n) is 18.6. The summed E-state index contributed by atoms with van der Waals surface area (Å²) in [5.74, 6) is -7.44. The zero-order chi connectivity index (χ0) is 58.4. The molecule has 0 saturated heterocycles. The minimum atomic E-state index is -3.88. The number of rotatable bonds is 53. The number of aromatic nitrogens is 4. The number of carbonyl (C=O) groups excluding carboxylic acids is 6. The van der Waals surface area contributed by atoms with E-state index in [0.717, 1.165) is 44.3 Å². The quantitative estimate of drug-likeness (QED) is 0.0386. The molecule has 3 atom stereocenters. The molecule has 1 heterocycles. The van der Waals surface area contributed by atoms with Gasteiger partial charge in [0.15, 0.2) is 5.82 Å². The van der Waals surface area contributed by atoms with Crippen LogP contribution < -0.4 is 37.0 Å². The van der Waals surface area contributed by atoms with E-state index < -0.39 is 101 Å².